The fraction of sp³-hybridized carbons (Fsp3) is 0.300. The predicted octanol–water partition coefficient (Wildman–Crippen LogP) is 5.85. The molecule has 0 aliphatic heterocycles. The first-order valence-electron chi connectivity index (χ1n) is 9.42. The molecule has 7 nitrogen and oxygen atoms in total. The first-order valence-corrected chi connectivity index (χ1v) is 11.2. The van der Waals surface area contributed by atoms with E-state index in [0.29, 0.717) is 11.5 Å². The van der Waals surface area contributed by atoms with Crippen LogP contribution in [0.25, 0.3) is 32.2 Å². The maximum atomic E-state index is 13.1. The molecule has 4 rings (SSSR count). The van der Waals surface area contributed by atoms with E-state index in [2.05, 4.69) is 25.3 Å². The highest BCUT2D eigenvalue weighted by Gasteiger charge is 2.34. The minimum Gasteiger partial charge on any atom is -0.444 e. The second-order valence-corrected chi connectivity index (χ2v) is 9.58. The molecule has 0 aliphatic rings. The zero-order chi connectivity index (χ0) is 23.1. The number of H-pyrrole nitrogens is 1. The molecule has 0 fully saturated rings. The summed E-state index contributed by atoms with van der Waals surface area (Å²) in [5, 5.41) is 3.67. The highest BCUT2D eigenvalue weighted by Crippen LogP contribution is 2.37. The lowest BCUT2D eigenvalue weighted by molar-refractivity contribution is -0.140. The Kier molecular flexibility index (Phi) is 5.67. The second kappa shape index (κ2) is 8.17. The zero-order valence-electron chi connectivity index (χ0n) is 17.2. The first kappa shape index (κ1) is 22.2. The summed E-state index contributed by atoms with van der Waals surface area (Å²) in [4.78, 5) is 27.5. The molecule has 4 aromatic rings. The number of alkyl carbamates (subject to hydrolysis) is 1. The van der Waals surface area contributed by atoms with Gasteiger partial charge in [0.1, 0.15) is 22.1 Å². The standard InChI is InChI=1S/C20H18F3N5O2S2/c1-19(2,3)30-18(29)24-7-14-27-15(10-4-5-11-12(6-10)32-9-25-11)16(28-14)17-26-13(8-31-17)20(21,22)23/h4-6,8-9H,7H2,1-3H3,(H,24,29)(H,27,28). The molecule has 1 amide bonds. The molecule has 168 valence electrons. The zero-order valence-corrected chi connectivity index (χ0v) is 18.8. The number of halogens is 3. The van der Waals surface area contributed by atoms with Gasteiger partial charge in [0.15, 0.2) is 5.69 Å². The average Bonchev–Trinajstić information content (AvgIpc) is 3.41. The monoisotopic (exact) mass is 481 g/mol. The van der Waals surface area contributed by atoms with E-state index in [0.717, 1.165) is 32.5 Å². The largest absolute Gasteiger partial charge is 0.444 e. The average molecular weight is 482 g/mol. The number of hydrogen-bond donors (Lipinski definition) is 2. The first-order chi connectivity index (χ1) is 15.0. The highest BCUT2D eigenvalue weighted by molar-refractivity contribution is 7.16. The van der Waals surface area contributed by atoms with Gasteiger partial charge in [0, 0.05) is 10.9 Å². The minimum atomic E-state index is -4.55. The summed E-state index contributed by atoms with van der Waals surface area (Å²) in [6, 6.07) is 5.52. The summed E-state index contributed by atoms with van der Waals surface area (Å²) in [6.07, 6.45) is -5.18. The van der Waals surface area contributed by atoms with Crippen LogP contribution in [0.1, 0.15) is 32.3 Å². The number of benzene rings is 1. The van der Waals surface area contributed by atoms with Crippen LogP contribution in [0.3, 0.4) is 0 Å². The molecule has 0 bridgehead atoms. The molecular weight excluding hydrogens is 463 g/mol. The number of amides is 1. The number of rotatable bonds is 4. The Balaban J connectivity index is 1.70. The fourth-order valence-corrected chi connectivity index (χ4v) is 4.40. The molecule has 0 saturated heterocycles. The number of nitrogens with one attached hydrogen (secondary N) is 2. The summed E-state index contributed by atoms with van der Waals surface area (Å²) in [6.45, 7) is 5.23. The summed E-state index contributed by atoms with van der Waals surface area (Å²) in [7, 11) is 0. The third-order valence-electron chi connectivity index (χ3n) is 4.17. The van der Waals surface area contributed by atoms with Gasteiger partial charge in [0.05, 0.1) is 28.0 Å². The number of imidazole rings is 1. The second-order valence-electron chi connectivity index (χ2n) is 7.83. The van der Waals surface area contributed by atoms with Gasteiger partial charge >= 0.3 is 12.3 Å². The van der Waals surface area contributed by atoms with Crippen molar-refractivity contribution in [2.24, 2.45) is 0 Å². The van der Waals surface area contributed by atoms with E-state index < -0.39 is 23.6 Å². The molecule has 12 heteroatoms. The van der Waals surface area contributed by atoms with Gasteiger partial charge in [0.25, 0.3) is 0 Å². The third-order valence-corrected chi connectivity index (χ3v) is 5.81. The van der Waals surface area contributed by atoms with E-state index in [1.165, 1.54) is 11.3 Å². The van der Waals surface area contributed by atoms with E-state index in [-0.39, 0.29) is 17.2 Å². The Morgan fingerprint density at radius 1 is 1.19 bits per heavy atom. The number of nitrogens with zero attached hydrogens (tertiary/aromatic N) is 3. The molecule has 2 N–H and O–H groups in total. The maximum Gasteiger partial charge on any atom is 0.434 e. The number of fused-ring (bicyclic) bond motifs is 1. The van der Waals surface area contributed by atoms with Crippen LogP contribution in [0.5, 0.6) is 0 Å². The molecule has 3 aromatic heterocycles. The Bertz CT molecular complexity index is 1270. The SMILES string of the molecule is CC(C)(C)OC(=O)NCc1nc(-c2nc(C(F)(F)F)cs2)c(-c2ccc3ncsc3c2)[nH]1. The van der Waals surface area contributed by atoms with Gasteiger partial charge in [-0.3, -0.25) is 0 Å². The van der Waals surface area contributed by atoms with Crippen LogP contribution in [0, 0.1) is 0 Å². The number of carbonyl (C=O) groups excluding carboxylic acids is 1. The lowest BCUT2D eigenvalue weighted by atomic mass is 10.1. The van der Waals surface area contributed by atoms with Crippen molar-refractivity contribution in [3.8, 4) is 22.0 Å². The number of hydrogen-bond acceptors (Lipinski definition) is 7. The number of carbonyl (C=O) groups is 1. The van der Waals surface area contributed by atoms with Gasteiger partial charge in [-0.2, -0.15) is 13.2 Å². The number of thiazole rings is 2. The Morgan fingerprint density at radius 3 is 2.66 bits per heavy atom. The summed E-state index contributed by atoms with van der Waals surface area (Å²) in [5.41, 5.74) is 2.40. The molecule has 0 radical (unpaired) electrons. The van der Waals surface area contributed by atoms with E-state index >= 15 is 0 Å². The number of alkyl halides is 3. The molecule has 0 unspecified atom stereocenters. The van der Waals surface area contributed by atoms with Gasteiger partial charge in [-0.25, -0.2) is 19.7 Å². The molecule has 32 heavy (non-hydrogen) atoms. The van der Waals surface area contributed by atoms with Crippen molar-refractivity contribution in [1.82, 2.24) is 25.3 Å². The summed E-state index contributed by atoms with van der Waals surface area (Å²) >= 11 is 2.30. The van der Waals surface area contributed by atoms with E-state index in [1.54, 1.807) is 26.3 Å². The molecule has 0 atom stereocenters. The normalized spacial score (nSPS) is 12.3. The maximum absolute atomic E-state index is 13.1. The number of aromatic amines is 1. The highest BCUT2D eigenvalue weighted by atomic mass is 32.1. The summed E-state index contributed by atoms with van der Waals surface area (Å²) in [5.74, 6) is 0.356. The molecular formula is C20H18F3N5O2S2. The molecule has 3 heterocycles. The Labute approximate surface area is 188 Å². The predicted molar refractivity (Wildman–Crippen MR) is 116 cm³/mol. The lowest BCUT2D eigenvalue weighted by Crippen LogP contribution is -2.32. The third kappa shape index (κ3) is 4.91. The van der Waals surface area contributed by atoms with Crippen LogP contribution in [-0.2, 0) is 17.5 Å². The van der Waals surface area contributed by atoms with E-state index in [9.17, 15) is 18.0 Å². The smallest absolute Gasteiger partial charge is 0.434 e. The van der Waals surface area contributed by atoms with Crippen LogP contribution in [0.2, 0.25) is 0 Å². The van der Waals surface area contributed by atoms with Crippen LogP contribution in [0.4, 0.5) is 18.0 Å². The Morgan fingerprint density at radius 2 is 1.97 bits per heavy atom. The van der Waals surface area contributed by atoms with Crippen molar-refractivity contribution in [3.63, 3.8) is 0 Å². The molecule has 1 aromatic carbocycles. The van der Waals surface area contributed by atoms with E-state index in [4.69, 9.17) is 4.74 Å². The summed E-state index contributed by atoms with van der Waals surface area (Å²) < 4.78 is 45.4. The minimum absolute atomic E-state index is 0.00220. The van der Waals surface area contributed by atoms with Crippen molar-refractivity contribution in [2.75, 3.05) is 0 Å². The fourth-order valence-electron chi connectivity index (χ4n) is 2.86. The van der Waals surface area contributed by atoms with Crippen LogP contribution in [-0.4, -0.2) is 31.6 Å². The number of ether oxygens (including phenoxy) is 1. The Hall–Kier alpha value is -2.99. The number of aromatic nitrogens is 4. The van der Waals surface area contributed by atoms with Gasteiger partial charge in [0.2, 0.25) is 0 Å². The van der Waals surface area contributed by atoms with Crippen molar-refractivity contribution in [2.45, 2.75) is 39.1 Å². The van der Waals surface area contributed by atoms with Crippen LogP contribution < -0.4 is 5.32 Å². The lowest BCUT2D eigenvalue weighted by Gasteiger charge is -2.19. The molecule has 0 spiro atoms. The van der Waals surface area contributed by atoms with Crippen LogP contribution >= 0.6 is 22.7 Å². The molecule has 0 saturated carbocycles. The topological polar surface area (TPSA) is 92.8 Å². The van der Waals surface area contributed by atoms with Crippen molar-refractivity contribution < 1.29 is 22.7 Å². The van der Waals surface area contributed by atoms with Gasteiger partial charge in [-0.1, -0.05) is 6.07 Å². The van der Waals surface area contributed by atoms with Gasteiger partial charge < -0.3 is 15.0 Å². The van der Waals surface area contributed by atoms with Gasteiger partial charge in [-0.05, 0) is 32.9 Å². The van der Waals surface area contributed by atoms with Crippen molar-refractivity contribution in [1.29, 1.82) is 0 Å². The van der Waals surface area contributed by atoms with E-state index in [1.807, 2.05) is 18.2 Å². The van der Waals surface area contributed by atoms with Crippen LogP contribution in [0.15, 0.2) is 29.1 Å². The van der Waals surface area contributed by atoms with Gasteiger partial charge in [-0.15, -0.1) is 22.7 Å². The van der Waals surface area contributed by atoms with Crippen molar-refractivity contribution >= 4 is 39.0 Å². The van der Waals surface area contributed by atoms with Crippen molar-refractivity contribution in [3.05, 3.63) is 40.6 Å². The quantitative estimate of drug-likeness (QED) is 0.381. The molecule has 0 aliphatic carbocycles.